The zero-order valence-electron chi connectivity index (χ0n) is 10.8. The van der Waals surface area contributed by atoms with E-state index in [1.807, 2.05) is 6.07 Å². The van der Waals surface area contributed by atoms with Gasteiger partial charge in [0.2, 0.25) is 5.91 Å². The van der Waals surface area contributed by atoms with Gasteiger partial charge in [0.25, 0.3) is 0 Å². The molecule has 0 unspecified atom stereocenters. The Morgan fingerprint density at radius 2 is 1.76 bits per heavy atom. The molecule has 0 aliphatic heterocycles. The smallest absolute Gasteiger partial charge is 0.335 e. The zero-order chi connectivity index (χ0) is 15.4. The highest BCUT2D eigenvalue weighted by molar-refractivity contribution is 9.13. The first-order valence-electron chi connectivity index (χ1n) is 6.03. The fraction of sp³-hybridized carbons (Fsp3) is 0.0667. The van der Waals surface area contributed by atoms with E-state index in [1.165, 1.54) is 6.07 Å². The van der Waals surface area contributed by atoms with E-state index in [-0.39, 0.29) is 17.9 Å². The number of halogens is 2. The first-order chi connectivity index (χ1) is 9.97. The molecule has 0 saturated carbocycles. The molecule has 108 valence electrons. The van der Waals surface area contributed by atoms with Gasteiger partial charge in [-0.25, -0.2) is 4.79 Å². The second kappa shape index (κ2) is 6.87. The first kappa shape index (κ1) is 15.7. The van der Waals surface area contributed by atoms with Crippen LogP contribution in [0.2, 0.25) is 0 Å². The zero-order valence-corrected chi connectivity index (χ0v) is 13.9. The molecule has 2 aromatic rings. The molecule has 0 spiro atoms. The van der Waals surface area contributed by atoms with Gasteiger partial charge in [-0.1, -0.05) is 18.2 Å². The number of anilines is 1. The van der Waals surface area contributed by atoms with Crippen LogP contribution in [0.3, 0.4) is 0 Å². The summed E-state index contributed by atoms with van der Waals surface area (Å²) < 4.78 is 1.71. The highest BCUT2D eigenvalue weighted by atomic mass is 79.9. The lowest BCUT2D eigenvalue weighted by Gasteiger charge is -2.08. The molecular weight excluding hydrogens is 402 g/mol. The van der Waals surface area contributed by atoms with Gasteiger partial charge < -0.3 is 10.4 Å². The van der Waals surface area contributed by atoms with Crippen molar-refractivity contribution in [1.82, 2.24) is 0 Å². The molecule has 0 atom stereocenters. The summed E-state index contributed by atoms with van der Waals surface area (Å²) in [6.07, 6.45) is 0.0101. The van der Waals surface area contributed by atoms with Crippen molar-refractivity contribution in [2.45, 2.75) is 6.42 Å². The van der Waals surface area contributed by atoms with Gasteiger partial charge in [-0.2, -0.15) is 0 Å². The average molecular weight is 413 g/mol. The lowest BCUT2D eigenvalue weighted by Crippen LogP contribution is -2.16. The summed E-state index contributed by atoms with van der Waals surface area (Å²) in [5.74, 6) is -1.30. The molecule has 1 amide bonds. The van der Waals surface area contributed by atoms with Gasteiger partial charge in [0.1, 0.15) is 0 Å². The molecule has 2 N–H and O–H groups in total. The number of aromatic carboxylic acids is 1. The van der Waals surface area contributed by atoms with Crippen LogP contribution < -0.4 is 5.32 Å². The third-order valence-corrected chi connectivity index (χ3v) is 4.68. The Hall–Kier alpha value is -1.66. The summed E-state index contributed by atoms with van der Waals surface area (Å²) in [5.41, 5.74) is 1.27. The van der Waals surface area contributed by atoms with Gasteiger partial charge in [0.05, 0.1) is 12.0 Å². The first-order valence-corrected chi connectivity index (χ1v) is 7.62. The van der Waals surface area contributed by atoms with Crippen LogP contribution in [0.4, 0.5) is 5.69 Å². The van der Waals surface area contributed by atoms with Crippen molar-refractivity contribution in [2.75, 3.05) is 5.32 Å². The summed E-state index contributed by atoms with van der Waals surface area (Å²) in [5, 5.41) is 11.8. The number of benzene rings is 2. The van der Waals surface area contributed by atoms with Crippen molar-refractivity contribution in [3.05, 3.63) is 62.5 Å². The Morgan fingerprint density at radius 1 is 1.05 bits per heavy atom. The molecule has 2 rings (SSSR count). The van der Waals surface area contributed by atoms with E-state index in [1.54, 1.807) is 30.3 Å². The molecular formula is C15H11Br2NO3. The molecule has 0 radical (unpaired) electrons. The summed E-state index contributed by atoms with van der Waals surface area (Å²) in [7, 11) is 0. The molecule has 0 saturated heterocycles. The SMILES string of the molecule is O=C(Cc1ccccc1C(=O)O)Nc1ccc(Br)c(Br)c1. The maximum atomic E-state index is 12.0. The van der Waals surface area contributed by atoms with Gasteiger partial charge in [0, 0.05) is 14.6 Å². The largest absolute Gasteiger partial charge is 0.478 e. The molecule has 21 heavy (non-hydrogen) atoms. The van der Waals surface area contributed by atoms with E-state index >= 15 is 0 Å². The van der Waals surface area contributed by atoms with Gasteiger partial charge in [-0.15, -0.1) is 0 Å². The minimum Gasteiger partial charge on any atom is -0.478 e. The highest BCUT2D eigenvalue weighted by Crippen LogP contribution is 2.26. The van der Waals surface area contributed by atoms with Gasteiger partial charge in [-0.3, -0.25) is 4.79 Å². The average Bonchev–Trinajstić information content (AvgIpc) is 2.43. The van der Waals surface area contributed by atoms with E-state index in [2.05, 4.69) is 37.2 Å². The lowest BCUT2D eigenvalue weighted by molar-refractivity contribution is -0.115. The molecule has 0 heterocycles. The molecule has 4 nitrogen and oxygen atoms in total. The quantitative estimate of drug-likeness (QED) is 0.794. The number of hydrogen-bond acceptors (Lipinski definition) is 2. The maximum absolute atomic E-state index is 12.0. The summed E-state index contributed by atoms with van der Waals surface area (Å²) >= 11 is 6.71. The molecule has 0 aliphatic carbocycles. The van der Waals surface area contributed by atoms with E-state index in [4.69, 9.17) is 5.11 Å². The topological polar surface area (TPSA) is 66.4 Å². The fourth-order valence-electron chi connectivity index (χ4n) is 1.84. The molecule has 0 fully saturated rings. The Balaban J connectivity index is 2.12. The van der Waals surface area contributed by atoms with Crippen molar-refractivity contribution in [1.29, 1.82) is 0 Å². The number of carbonyl (C=O) groups excluding carboxylic acids is 1. The van der Waals surface area contributed by atoms with E-state index < -0.39 is 5.97 Å². The molecule has 0 aliphatic rings. The minimum absolute atomic E-state index is 0.0101. The van der Waals surface area contributed by atoms with Crippen LogP contribution in [0.5, 0.6) is 0 Å². The van der Waals surface area contributed by atoms with Crippen molar-refractivity contribution in [3.63, 3.8) is 0 Å². The predicted octanol–water partition coefficient (Wildman–Crippen LogP) is 4.09. The number of carboxylic acids is 1. The normalized spacial score (nSPS) is 10.2. The number of amides is 1. The second-order valence-electron chi connectivity index (χ2n) is 4.32. The van der Waals surface area contributed by atoms with Crippen molar-refractivity contribution >= 4 is 49.4 Å². The minimum atomic E-state index is -1.04. The summed E-state index contributed by atoms with van der Waals surface area (Å²) in [4.78, 5) is 23.1. The van der Waals surface area contributed by atoms with Crippen LogP contribution in [0.15, 0.2) is 51.4 Å². The molecule has 0 bridgehead atoms. The fourth-order valence-corrected chi connectivity index (χ4v) is 2.46. The van der Waals surface area contributed by atoms with Crippen LogP contribution in [-0.4, -0.2) is 17.0 Å². The Kier molecular flexibility index (Phi) is 5.14. The van der Waals surface area contributed by atoms with E-state index in [9.17, 15) is 9.59 Å². The number of nitrogens with one attached hydrogen (secondary N) is 1. The van der Waals surface area contributed by atoms with Crippen LogP contribution in [-0.2, 0) is 11.2 Å². The van der Waals surface area contributed by atoms with Crippen molar-refractivity contribution in [2.24, 2.45) is 0 Å². The number of carboxylic acid groups (broad SMARTS) is 1. The van der Waals surface area contributed by atoms with E-state index in [0.29, 0.717) is 11.3 Å². The van der Waals surface area contributed by atoms with Crippen LogP contribution in [0, 0.1) is 0 Å². The number of hydrogen-bond donors (Lipinski definition) is 2. The van der Waals surface area contributed by atoms with Gasteiger partial charge in [-0.05, 0) is 61.7 Å². The molecule has 0 aromatic heterocycles. The number of rotatable bonds is 4. The summed E-state index contributed by atoms with van der Waals surface area (Å²) in [6.45, 7) is 0. The Bertz CT molecular complexity index is 701. The van der Waals surface area contributed by atoms with Crippen LogP contribution in [0.1, 0.15) is 15.9 Å². The monoisotopic (exact) mass is 411 g/mol. The Morgan fingerprint density at radius 3 is 2.43 bits per heavy atom. The van der Waals surface area contributed by atoms with Gasteiger partial charge in [0.15, 0.2) is 0 Å². The highest BCUT2D eigenvalue weighted by Gasteiger charge is 2.12. The predicted molar refractivity (Wildman–Crippen MR) is 87.6 cm³/mol. The van der Waals surface area contributed by atoms with E-state index in [0.717, 1.165) is 8.95 Å². The van der Waals surface area contributed by atoms with Crippen molar-refractivity contribution in [3.8, 4) is 0 Å². The molecule has 6 heteroatoms. The van der Waals surface area contributed by atoms with Crippen LogP contribution in [0.25, 0.3) is 0 Å². The number of carbonyl (C=O) groups is 2. The van der Waals surface area contributed by atoms with Gasteiger partial charge >= 0.3 is 5.97 Å². The Labute approximate surface area is 138 Å². The second-order valence-corrected chi connectivity index (χ2v) is 6.02. The van der Waals surface area contributed by atoms with Crippen LogP contribution >= 0.6 is 31.9 Å². The third-order valence-electron chi connectivity index (χ3n) is 2.80. The molecule has 2 aromatic carbocycles. The van der Waals surface area contributed by atoms with Crippen molar-refractivity contribution < 1.29 is 14.7 Å². The third kappa shape index (κ3) is 4.15. The standard InChI is InChI=1S/C15H11Br2NO3/c16-12-6-5-10(8-13(12)17)18-14(19)7-9-3-1-2-4-11(9)15(20)21/h1-6,8H,7H2,(H,18,19)(H,20,21). The summed E-state index contributed by atoms with van der Waals surface area (Å²) in [6, 6.07) is 11.8. The maximum Gasteiger partial charge on any atom is 0.335 e. The lowest BCUT2D eigenvalue weighted by atomic mass is 10.0.